The fourth-order valence-electron chi connectivity index (χ4n) is 3.86. The van der Waals surface area contributed by atoms with Gasteiger partial charge in [-0.1, -0.05) is 47.5 Å². The van der Waals surface area contributed by atoms with Crippen molar-refractivity contribution in [2.75, 3.05) is 12.4 Å². The molecule has 0 spiro atoms. The summed E-state index contributed by atoms with van der Waals surface area (Å²) in [4.78, 5) is 37.0. The van der Waals surface area contributed by atoms with E-state index < -0.39 is 29.7 Å². The van der Waals surface area contributed by atoms with E-state index in [9.17, 15) is 14.4 Å². The second-order valence-electron chi connectivity index (χ2n) is 9.28. The first-order valence-corrected chi connectivity index (χ1v) is 11.9. The maximum absolute atomic E-state index is 12.9. The van der Waals surface area contributed by atoms with Crippen molar-refractivity contribution in [1.82, 2.24) is 10.6 Å². The Morgan fingerprint density at radius 2 is 1.83 bits per heavy atom. The number of hydrogen-bond acceptors (Lipinski definition) is 6. The lowest BCUT2D eigenvalue weighted by Crippen LogP contribution is -2.42. The first-order chi connectivity index (χ1) is 16.4. The van der Waals surface area contributed by atoms with Crippen molar-refractivity contribution in [3.8, 4) is 0 Å². The molecule has 1 aliphatic heterocycles. The number of carbonyl (C=O) groups is 3. The van der Waals surface area contributed by atoms with Crippen LogP contribution in [-0.4, -0.2) is 36.7 Å². The van der Waals surface area contributed by atoms with E-state index in [2.05, 4.69) is 16.0 Å². The molecule has 0 bridgehead atoms. The number of halogens is 2. The van der Waals surface area contributed by atoms with Crippen LogP contribution in [0.1, 0.15) is 49.9 Å². The Kier molecular flexibility index (Phi) is 8.51. The van der Waals surface area contributed by atoms with Gasteiger partial charge in [-0.15, -0.1) is 0 Å². The van der Waals surface area contributed by atoms with Crippen LogP contribution in [-0.2, 0) is 32.0 Å². The highest BCUT2D eigenvalue weighted by Crippen LogP contribution is 2.40. The third-order valence-electron chi connectivity index (χ3n) is 5.26. The third kappa shape index (κ3) is 7.50. The number of amides is 2. The highest BCUT2D eigenvalue weighted by molar-refractivity contribution is 6.35. The van der Waals surface area contributed by atoms with Crippen LogP contribution in [0, 0.1) is 0 Å². The van der Waals surface area contributed by atoms with Crippen molar-refractivity contribution in [3.63, 3.8) is 0 Å². The number of nitrogens with one attached hydrogen (secondary N) is 3. The Balaban J connectivity index is 1.68. The summed E-state index contributed by atoms with van der Waals surface area (Å²) < 4.78 is 10.1. The molecule has 2 aromatic rings. The molecule has 0 radical (unpaired) electrons. The minimum absolute atomic E-state index is 0.105. The molecule has 0 unspecified atom stereocenters. The van der Waals surface area contributed by atoms with Gasteiger partial charge < -0.3 is 25.4 Å². The molecule has 1 aliphatic rings. The van der Waals surface area contributed by atoms with E-state index in [4.69, 9.17) is 32.7 Å². The average Bonchev–Trinajstić information content (AvgIpc) is 2.75. The van der Waals surface area contributed by atoms with Gasteiger partial charge in [0.2, 0.25) is 5.91 Å². The van der Waals surface area contributed by atoms with Gasteiger partial charge in [0, 0.05) is 34.3 Å². The predicted octanol–water partition coefficient (Wildman–Crippen LogP) is 4.78. The summed E-state index contributed by atoms with van der Waals surface area (Å²) in [5, 5.41) is 9.58. The third-order valence-corrected chi connectivity index (χ3v) is 5.79. The summed E-state index contributed by atoms with van der Waals surface area (Å²) in [5.41, 5.74) is 2.26. The number of carbonyl (C=O) groups excluding carboxylic acids is 3. The molecule has 2 amide bonds. The SMILES string of the molecule is COC(=O)[C@@H]1C[C@@H](NC(=O)Cc2cccc(CNC(=O)OC(C)(C)C)c2)c2c(Cl)cc(Cl)cc2N1. The smallest absolute Gasteiger partial charge is 0.407 e. The van der Waals surface area contributed by atoms with Crippen molar-refractivity contribution in [2.24, 2.45) is 0 Å². The van der Waals surface area contributed by atoms with E-state index in [-0.39, 0.29) is 25.3 Å². The van der Waals surface area contributed by atoms with Gasteiger partial charge in [0.1, 0.15) is 11.6 Å². The van der Waals surface area contributed by atoms with E-state index in [0.29, 0.717) is 21.3 Å². The second kappa shape index (κ2) is 11.2. The number of esters is 1. The van der Waals surface area contributed by atoms with E-state index in [1.807, 2.05) is 24.3 Å². The molecule has 188 valence electrons. The molecule has 0 saturated heterocycles. The largest absolute Gasteiger partial charge is 0.467 e. The van der Waals surface area contributed by atoms with Gasteiger partial charge in [-0.25, -0.2) is 9.59 Å². The molecule has 8 nitrogen and oxygen atoms in total. The fourth-order valence-corrected chi connectivity index (χ4v) is 4.48. The van der Waals surface area contributed by atoms with Crippen LogP contribution in [0.15, 0.2) is 36.4 Å². The Morgan fingerprint density at radius 3 is 2.51 bits per heavy atom. The Hall–Kier alpha value is -2.97. The lowest BCUT2D eigenvalue weighted by molar-refractivity contribution is -0.142. The van der Waals surface area contributed by atoms with Crippen LogP contribution in [0.25, 0.3) is 0 Å². The summed E-state index contributed by atoms with van der Waals surface area (Å²) in [7, 11) is 1.31. The average molecular weight is 522 g/mol. The first kappa shape index (κ1) is 26.6. The molecule has 3 rings (SSSR count). The van der Waals surface area contributed by atoms with Crippen LogP contribution in [0.4, 0.5) is 10.5 Å². The highest BCUT2D eigenvalue weighted by atomic mass is 35.5. The van der Waals surface area contributed by atoms with Crippen molar-refractivity contribution in [2.45, 2.75) is 57.8 Å². The van der Waals surface area contributed by atoms with Gasteiger partial charge in [0.25, 0.3) is 0 Å². The number of rotatable bonds is 6. The van der Waals surface area contributed by atoms with Crippen molar-refractivity contribution >= 4 is 46.9 Å². The van der Waals surface area contributed by atoms with E-state index in [1.54, 1.807) is 32.9 Å². The molecule has 0 aliphatic carbocycles. The number of hydrogen-bond donors (Lipinski definition) is 3. The van der Waals surface area contributed by atoms with Crippen molar-refractivity contribution in [3.05, 3.63) is 63.1 Å². The number of alkyl carbamates (subject to hydrolysis) is 1. The first-order valence-electron chi connectivity index (χ1n) is 11.1. The molecule has 0 fully saturated rings. The molecule has 3 N–H and O–H groups in total. The molecule has 2 atom stereocenters. The number of ether oxygens (including phenoxy) is 2. The number of methoxy groups -OCH3 is 1. The van der Waals surface area contributed by atoms with Gasteiger partial charge in [-0.3, -0.25) is 4.79 Å². The summed E-state index contributed by atoms with van der Waals surface area (Å²) in [6, 6.07) is 9.45. The standard InChI is InChI=1S/C25H29Cl2N3O5/c1-25(2,3)35-24(33)28-13-15-7-5-6-14(8-15)9-21(31)30-19-12-20(23(32)34-4)29-18-11-16(26)10-17(27)22(18)19/h5-8,10-11,19-20,29H,9,12-13H2,1-4H3,(H,28,33)(H,30,31)/t19-,20+/m1/s1. The van der Waals surface area contributed by atoms with Crippen LogP contribution in [0.3, 0.4) is 0 Å². The minimum atomic E-state index is -0.658. The molecule has 0 aromatic heterocycles. The maximum atomic E-state index is 12.9. The summed E-state index contributed by atoms with van der Waals surface area (Å²) in [5.74, 6) is -0.689. The number of benzene rings is 2. The molecule has 10 heteroatoms. The molecule has 1 heterocycles. The number of anilines is 1. The highest BCUT2D eigenvalue weighted by Gasteiger charge is 2.34. The Labute approximate surface area is 214 Å². The molecule has 2 aromatic carbocycles. The quantitative estimate of drug-likeness (QED) is 0.472. The van der Waals surface area contributed by atoms with Crippen molar-refractivity contribution in [1.29, 1.82) is 0 Å². The van der Waals surface area contributed by atoms with E-state index in [0.717, 1.165) is 11.1 Å². The Morgan fingerprint density at radius 1 is 1.11 bits per heavy atom. The van der Waals surface area contributed by atoms with Crippen LogP contribution >= 0.6 is 23.2 Å². The topological polar surface area (TPSA) is 106 Å². The zero-order valence-corrected chi connectivity index (χ0v) is 21.5. The van der Waals surface area contributed by atoms with E-state index >= 15 is 0 Å². The second-order valence-corrected chi connectivity index (χ2v) is 10.1. The fraction of sp³-hybridized carbons (Fsp3) is 0.400. The molecular weight excluding hydrogens is 493 g/mol. The lowest BCUT2D eigenvalue weighted by Gasteiger charge is -2.33. The minimum Gasteiger partial charge on any atom is -0.467 e. The van der Waals surface area contributed by atoms with Crippen LogP contribution < -0.4 is 16.0 Å². The summed E-state index contributed by atoms with van der Waals surface area (Å²) in [6.07, 6.45) is -0.136. The molecule has 35 heavy (non-hydrogen) atoms. The maximum Gasteiger partial charge on any atom is 0.407 e. The number of fused-ring (bicyclic) bond motifs is 1. The Bertz CT molecular complexity index is 1120. The monoisotopic (exact) mass is 521 g/mol. The van der Waals surface area contributed by atoms with Crippen LogP contribution in [0.2, 0.25) is 10.0 Å². The van der Waals surface area contributed by atoms with Gasteiger partial charge in [0.15, 0.2) is 0 Å². The summed E-state index contributed by atoms with van der Waals surface area (Å²) >= 11 is 12.6. The normalized spacial score (nSPS) is 17.0. The zero-order chi connectivity index (χ0) is 25.8. The molecular formula is C25H29Cl2N3O5. The zero-order valence-electron chi connectivity index (χ0n) is 20.0. The van der Waals surface area contributed by atoms with E-state index in [1.165, 1.54) is 7.11 Å². The van der Waals surface area contributed by atoms with Crippen LogP contribution in [0.5, 0.6) is 0 Å². The lowest BCUT2D eigenvalue weighted by atomic mass is 9.92. The van der Waals surface area contributed by atoms with Gasteiger partial charge in [-0.05, 0) is 44.0 Å². The van der Waals surface area contributed by atoms with Gasteiger partial charge in [0.05, 0.1) is 19.6 Å². The van der Waals surface area contributed by atoms with Gasteiger partial charge in [-0.2, -0.15) is 0 Å². The molecule has 0 saturated carbocycles. The predicted molar refractivity (Wildman–Crippen MR) is 135 cm³/mol. The van der Waals surface area contributed by atoms with Gasteiger partial charge >= 0.3 is 12.1 Å². The van der Waals surface area contributed by atoms with Crippen molar-refractivity contribution < 1.29 is 23.9 Å². The summed E-state index contributed by atoms with van der Waals surface area (Å²) in [6.45, 7) is 5.65.